The van der Waals surface area contributed by atoms with Gasteiger partial charge in [-0.1, -0.05) is 42.5 Å². The van der Waals surface area contributed by atoms with Crippen LogP contribution >= 0.6 is 0 Å². The van der Waals surface area contributed by atoms with Crippen LogP contribution in [0.4, 0.5) is 11.4 Å². The van der Waals surface area contributed by atoms with Crippen molar-refractivity contribution in [1.29, 1.82) is 0 Å². The molecule has 0 amide bonds. The van der Waals surface area contributed by atoms with Crippen LogP contribution in [0.2, 0.25) is 0 Å². The van der Waals surface area contributed by atoms with Gasteiger partial charge in [-0.2, -0.15) is 0 Å². The Balaban J connectivity index is 1.55. The quantitative estimate of drug-likeness (QED) is 0.520. The van der Waals surface area contributed by atoms with E-state index in [0.29, 0.717) is 0 Å². The maximum Gasteiger partial charge on any atom is 0.281 e. The van der Waals surface area contributed by atoms with Crippen LogP contribution in [0, 0.1) is 0 Å². The Kier molecular flexibility index (Phi) is 4.32. The molecular formula is C23H25N4+. The van der Waals surface area contributed by atoms with Crippen molar-refractivity contribution < 1.29 is 4.57 Å². The van der Waals surface area contributed by atoms with E-state index in [1.807, 2.05) is 0 Å². The summed E-state index contributed by atoms with van der Waals surface area (Å²) in [5.74, 6) is 2.33. The van der Waals surface area contributed by atoms with E-state index in [-0.39, 0.29) is 0 Å². The van der Waals surface area contributed by atoms with Crippen molar-refractivity contribution in [3.05, 3.63) is 84.5 Å². The molecule has 1 aromatic heterocycles. The highest BCUT2D eigenvalue weighted by atomic mass is 15.4. The lowest BCUT2D eigenvalue weighted by Gasteiger charge is -2.17. The van der Waals surface area contributed by atoms with Crippen LogP contribution in [-0.4, -0.2) is 18.7 Å². The number of para-hydroxylation sites is 4. The predicted octanol–water partition coefficient (Wildman–Crippen LogP) is 4.00. The van der Waals surface area contributed by atoms with Gasteiger partial charge in [-0.25, -0.2) is 9.13 Å². The topological polar surface area (TPSA) is 15.3 Å². The molecule has 4 heteroatoms. The zero-order valence-electron chi connectivity index (χ0n) is 16.3. The highest BCUT2D eigenvalue weighted by Crippen LogP contribution is 2.38. The minimum Gasteiger partial charge on any atom is -0.329 e. The lowest BCUT2D eigenvalue weighted by molar-refractivity contribution is -0.647. The van der Waals surface area contributed by atoms with E-state index >= 15 is 0 Å². The average molecular weight is 357 g/mol. The van der Waals surface area contributed by atoms with Crippen LogP contribution in [-0.2, 0) is 14.1 Å². The standard InChI is InChI=1S/C23H25N4/c1-24-18-12-8-9-13-19(18)25(2)22(24)16-6-5-7-17-23-26(3)20-14-10-11-15-21(20)27(23)4/h5-17H,1-4H3/q+1. The summed E-state index contributed by atoms with van der Waals surface area (Å²) in [4.78, 5) is 4.43. The molecule has 0 radical (unpaired) electrons. The Morgan fingerprint density at radius 2 is 1.41 bits per heavy atom. The summed E-state index contributed by atoms with van der Waals surface area (Å²) in [5, 5.41) is 0. The lowest BCUT2D eigenvalue weighted by Crippen LogP contribution is -2.30. The number of fused-ring (bicyclic) bond motifs is 2. The Morgan fingerprint density at radius 1 is 0.778 bits per heavy atom. The molecule has 0 saturated carbocycles. The van der Waals surface area contributed by atoms with Crippen molar-refractivity contribution in [3.63, 3.8) is 0 Å². The second-order valence-electron chi connectivity index (χ2n) is 6.84. The summed E-state index contributed by atoms with van der Waals surface area (Å²) in [6.07, 6.45) is 10.5. The molecule has 0 N–H and O–H groups in total. The molecular weight excluding hydrogens is 332 g/mol. The van der Waals surface area contributed by atoms with E-state index in [1.54, 1.807) is 0 Å². The maximum atomic E-state index is 2.22. The van der Waals surface area contributed by atoms with Gasteiger partial charge in [0.05, 0.1) is 25.5 Å². The number of allylic oxidation sites excluding steroid dienone is 4. The SMILES string of the molecule is CN1C(=CC=CC=Cc2n(C)c3ccccc3[n+]2C)N(C)c2ccccc21. The summed E-state index contributed by atoms with van der Waals surface area (Å²) in [7, 11) is 8.42. The molecule has 136 valence electrons. The number of rotatable bonds is 3. The smallest absolute Gasteiger partial charge is 0.281 e. The van der Waals surface area contributed by atoms with E-state index in [4.69, 9.17) is 0 Å². The van der Waals surface area contributed by atoms with E-state index in [2.05, 4.69) is 126 Å². The molecule has 4 nitrogen and oxygen atoms in total. The summed E-state index contributed by atoms with van der Waals surface area (Å²) >= 11 is 0. The number of aryl methyl sites for hydroxylation is 2. The molecule has 1 aliphatic rings. The lowest BCUT2D eigenvalue weighted by atomic mass is 10.3. The molecule has 0 aliphatic carbocycles. The zero-order valence-corrected chi connectivity index (χ0v) is 16.3. The van der Waals surface area contributed by atoms with Gasteiger partial charge < -0.3 is 9.80 Å². The maximum absolute atomic E-state index is 2.22. The molecule has 4 rings (SSSR count). The summed E-state index contributed by atoms with van der Waals surface area (Å²) in [6, 6.07) is 16.9. The summed E-state index contributed by atoms with van der Waals surface area (Å²) in [5.41, 5.74) is 4.94. The van der Waals surface area contributed by atoms with Gasteiger partial charge in [-0.3, -0.25) is 0 Å². The Bertz CT molecular complexity index is 1010. The first-order valence-electron chi connectivity index (χ1n) is 9.14. The van der Waals surface area contributed by atoms with Crippen LogP contribution in [0.1, 0.15) is 5.82 Å². The molecule has 0 bridgehead atoms. The van der Waals surface area contributed by atoms with Crippen molar-refractivity contribution in [1.82, 2.24) is 4.57 Å². The minimum atomic E-state index is 1.16. The number of anilines is 2. The number of hydrogen-bond acceptors (Lipinski definition) is 2. The first-order chi connectivity index (χ1) is 13.1. The molecule has 0 saturated heterocycles. The number of hydrogen-bond donors (Lipinski definition) is 0. The molecule has 2 heterocycles. The molecule has 0 spiro atoms. The third-order valence-electron chi connectivity index (χ3n) is 5.30. The van der Waals surface area contributed by atoms with Crippen LogP contribution in [0.25, 0.3) is 17.1 Å². The summed E-state index contributed by atoms with van der Waals surface area (Å²) < 4.78 is 4.43. The third kappa shape index (κ3) is 2.83. The second kappa shape index (κ2) is 6.80. The van der Waals surface area contributed by atoms with E-state index in [0.717, 1.165) is 11.6 Å². The molecule has 27 heavy (non-hydrogen) atoms. The highest BCUT2D eigenvalue weighted by Gasteiger charge is 2.24. The van der Waals surface area contributed by atoms with E-state index < -0.39 is 0 Å². The molecule has 1 aliphatic heterocycles. The van der Waals surface area contributed by atoms with Gasteiger partial charge in [0.15, 0.2) is 11.0 Å². The molecule has 0 atom stereocenters. The number of benzene rings is 2. The first-order valence-corrected chi connectivity index (χ1v) is 9.14. The Hall–Kier alpha value is -3.27. The van der Waals surface area contributed by atoms with Crippen molar-refractivity contribution in [2.45, 2.75) is 0 Å². The highest BCUT2D eigenvalue weighted by molar-refractivity contribution is 5.81. The Morgan fingerprint density at radius 3 is 2.07 bits per heavy atom. The molecule has 0 unspecified atom stereocenters. The van der Waals surface area contributed by atoms with E-state index in [9.17, 15) is 0 Å². The van der Waals surface area contributed by atoms with Gasteiger partial charge in [0, 0.05) is 20.2 Å². The molecule has 0 fully saturated rings. The van der Waals surface area contributed by atoms with Crippen molar-refractivity contribution in [3.8, 4) is 0 Å². The van der Waals surface area contributed by atoms with Crippen molar-refractivity contribution in [2.75, 3.05) is 23.9 Å². The van der Waals surface area contributed by atoms with Gasteiger partial charge in [0.2, 0.25) is 0 Å². The van der Waals surface area contributed by atoms with Crippen molar-refractivity contribution >= 4 is 28.5 Å². The number of nitrogens with zero attached hydrogens (tertiary/aromatic N) is 4. The fourth-order valence-corrected chi connectivity index (χ4v) is 3.80. The fourth-order valence-electron chi connectivity index (χ4n) is 3.80. The largest absolute Gasteiger partial charge is 0.329 e. The van der Waals surface area contributed by atoms with Crippen LogP contribution in [0.5, 0.6) is 0 Å². The fraction of sp³-hybridized carbons (Fsp3) is 0.174. The van der Waals surface area contributed by atoms with E-state index in [1.165, 1.54) is 22.4 Å². The van der Waals surface area contributed by atoms with Crippen LogP contribution in [0.15, 0.2) is 78.7 Å². The van der Waals surface area contributed by atoms with Crippen LogP contribution in [0.3, 0.4) is 0 Å². The normalized spacial score (nSPS) is 14.1. The number of aromatic nitrogens is 2. The average Bonchev–Trinajstić information content (AvgIpc) is 3.08. The van der Waals surface area contributed by atoms with Crippen molar-refractivity contribution in [2.24, 2.45) is 14.1 Å². The van der Waals surface area contributed by atoms with Crippen LogP contribution < -0.4 is 14.4 Å². The van der Waals surface area contributed by atoms with Gasteiger partial charge >= 0.3 is 0 Å². The number of imidazole rings is 1. The van der Waals surface area contributed by atoms with Gasteiger partial charge in [-0.05, 0) is 30.3 Å². The van der Waals surface area contributed by atoms with Gasteiger partial charge in [0.1, 0.15) is 5.82 Å². The Labute approximate surface area is 160 Å². The second-order valence-corrected chi connectivity index (χ2v) is 6.84. The summed E-state index contributed by atoms with van der Waals surface area (Å²) in [6.45, 7) is 0. The first kappa shape index (κ1) is 17.2. The van der Waals surface area contributed by atoms with Gasteiger partial charge in [-0.15, -0.1) is 0 Å². The monoisotopic (exact) mass is 357 g/mol. The third-order valence-corrected chi connectivity index (χ3v) is 5.30. The predicted molar refractivity (Wildman–Crippen MR) is 114 cm³/mol. The molecule has 2 aromatic carbocycles. The minimum absolute atomic E-state index is 1.16. The molecule has 3 aromatic rings. The zero-order chi connectivity index (χ0) is 19.0. The van der Waals surface area contributed by atoms with Gasteiger partial charge in [0.25, 0.3) is 5.82 Å².